The Bertz CT molecular complexity index is 519. The van der Waals surface area contributed by atoms with E-state index in [1.807, 2.05) is 36.1 Å². The molecular weight excluding hydrogens is 280 g/mol. The van der Waals surface area contributed by atoms with Crippen molar-refractivity contribution in [2.24, 2.45) is 0 Å². The van der Waals surface area contributed by atoms with Crippen LogP contribution in [0.4, 0.5) is 0 Å². The normalized spacial score (nSPS) is 17.1. The molecule has 0 aliphatic carbocycles. The van der Waals surface area contributed by atoms with Gasteiger partial charge in [-0.3, -0.25) is 14.5 Å². The molecule has 1 saturated heterocycles. The van der Waals surface area contributed by atoms with Crippen LogP contribution in [0.15, 0.2) is 24.3 Å². The van der Waals surface area contributed by atoms with Gasteiger partial charge in [0, 0.05) is 31.7 Å². The van der Waals surface area contributed by atoms with Gasteiger partial charge in [0.25, 0.3) is 5.91 Å². The number of carbonyl (C=O) groups is 2. The molecule has 22 heavy (non-hydrogen) atoms. The summed E-state index contributed by atoms with van der Waals surface area (Å²) < 4.78 is 4.77. The average molecular weight is 304 g/mol. The first-order valence-corrected chi connectivity index (χ1v) is 7.77. The molecule has 1 aromatic carbocycles. The van der Waals surface area contributed by atoms with Crippen molar-refractivity contribution in [3.8, 4) is 0 Å². The highest BCUT2D eigenvalue weighted by molar-refractivity contribution is 5.94. The number of nitrogens with zero attached hydrogens (tertiary/aromatic N) is 2. The van der Waals surface area contributed by atoms with Crippen molar-refractivity contribution in [2.45, 2.75) is 26.3 Å². The Morgan fingerprint density at radius 2 is 1.73 bits per heavy atom. The van der Waals surface area contributed by atoms with Gasteiger partial charge in [0.15, 0.2) is 0 Å². The van der Waals surface area contributed by atoms with Gasteiger partial charge in [0.05, 0.1) is 7.11 Å². The van der Waals surface area contributed by atoms with Crippen LogP contribution >= 0.6 is 0 Å². The van der Waals surface area contributed by atoms with Crippen LogP contribution in [-0.4, -0.2) is 61.0 Å². The molecule has 0 N–H and O–H groups in total. The van der Waals surface area contributed by atoms with E-state index in [9.17, 15) is 9.59 Å². The first-order valence-electron chi connectivity index (χ1n) is 7.77. The number of amides is 1. The highest BCUT2D eigenvalue weighted by Gasteiger charge is 2.28. The van der Waals surface area contributed by atoms with Crippen LogP contribution in [0.2, 0.25) is 0 Å². The Labute approximate surface area is 131 Å². The van der Waals surface area contributed by atoms with Crippen LogP contribution in [-0.2, 0) is 16.0 Å². The number of piperazine rings is 1. The number of hydrogen-bond donors (Lipinski definition) is 0. The minimum absolute atomic E-state index is 0.0630. The van der Waals surface area contributed by atoms with Crippen LogP contribution in [0.5, 0.6) is 0 Å². The highest BCUT2D eigenvalue weighted by atomic mass is 16.5. The number of hydrogen-bond acceptors (Lipinski definition) is 4. The first-order chi connectivity index (χ1) is 10.6. The van der Waals surface area contributed by atoms with Gasteiger partial charge >= 0.3 is 5.97 Å². The summed E-state index contributed by atoms with van der Waals surface area (Å²) in [5, 5.41) is 0. The Kier molecular flexibility index (Phi) is 5.55. The summed E-state index contributed by atoms with van der Waals surface area (Å²) in [6.45, 7) is 6.58. The maximum absolute atomic E-state index is 12.5. The molecule has 0 aromatic heterocycles. The molecule has 1 heterocycles. The van der Waals surface area contributed by atoms with E-state index in [0.717, 1.165) is 12.0 Å². The molecular formula is C17H24N2O3. The molecule has 0 saturated carbocycles. The number of rotatable bonds is 4. The largest absolute Gasteiger partial charge is 0.468 e. The molecule has 1 unspecified atom stereocenters. The Morgan fingerprint density at radius 3 is 2.23 bits per heavy atom. The molecule has 1 amide bonds. The van der Waals surface area contributed by atoms with Gasteiger partial charge in [0.1, 0.15) is 6.04 Å². The number of carbonyl (C=O) groups excluding carboxylic acids is 2. The lowest BCUT2D eigenvalue weighted by atomic mass is 10.1. The fourth-order valence-electron chi connectivity index (χ4n) is 2.70. The third-order valence-corrected chi connectivity index (χ3v) is 4.30. The SMILES string of the molecule is CCc1ccc(C(=O)N2CCN(C(C)C(=O)OC)CC2)cc1. The van der Waals surface area contributed by atoms with Gasteiger partial charge < -0.3 is 9.64 Å². The van der Waals surface area contributed by atoms with E-state index in [-0.39, 0.29) is 17.9 Å². The predicted octanol–water partition coefficient (Wildman–Crippen LogP) is 1.57. The van der Waals surface area contributed by atoms with Gasteiger partial charge in [-0.15, -0.1) is 0 Å². The van der Waals surface area contributed by atoms with Gasteiger partial charge in [-0.05, 0) is 31.0 Å². The Hall–Kier alpha value is -1.88. The van der Waals surface area contributed by atoms with Crippen LogP contribution in [0.3, 0.4) is 0 Å². The van der Waals surface area contributed by atoms with Gasteiger partial charge in [-0.25, -0.2) is 0 Å². The number of esters is 1. The summed E-state index contributed by atoms with van der Waals surface area (Å²) >= 11 is 0. The summed E-state index contributed by atoms with van der Waals surface area (Å²) in [5.74, 6) is -0.164. The predicted molar refractivity (Wildman–Crippen MR) is 84.8 cm³/mol. The zero-order valence-corrected chi connectivity index (χ0v) is 13.5. The molecule has 120 valence electrons. The summed E-state index contributed by atoms with van der Waals surface area (Å²) in [6.07, 6.45) is 0.971. The molecule has 0 radical (unpaired) electrons. The number of ether oxygens (including phenoxy) is 1. The maximum Gasteiger partial charge on any atom is 0.322 e. The molecule has 1 aliphatic heterocycles. The van der Waals surface area contributed by atoms with Crippen LogP contribution < -0.4 is 0 Å². The fraction of sp³-hybridized carbons (Fsp3) is 0.529. The number of methoxy groups -OCH3 is 1. The fourth-order valence-corrected chi connectivity index (χ4v) is 2.70. The van der Waals surface area contributed by atoms with Crippen molar-refractivity contribution in [3.63, 3.8) is 0 Å². The minimum atomic E-state index is -0.258. The van der Waals surface area contributed by atoms with Crippen molar-refractivity contribution in [3.05, 3.63) is 35.4 Å². The second-order valence-corrected chi connectivity index (χ2v) is 5.58. The van der Waals surface area contributed by atoms with Crippen molar-refractivity contribution >= 4 is 11.9 Å². The summed E-state index contributed by atoms with van der Waals surface area (Å²) in [4.78, 5) is 27.9. The smallest absolute Gasteiger partial charge is 0.322 e. The van der Waals surface area contributed by atoms with Gasteiger partial charge in [0.2, 0.25) is 0 Å². The Balaban J connectivity index is 1.93. The number of aryl methyl sites for hydroxylation is 1. The second kappa shape index (κ2) is 7.40. The summed E-state index contributed by atoms with van der Waals surface area (Å²) in [5.41, 5.74) is 1.96. The quantitative estimate of drug-likeness (QED) is 0.792. The molecule has 5 nitrogen and oxygen atoms in total. The Morgan fingerprint density at radius 1 is 1.14 bits per heavy atom. The molecule has 0 spiro atoms. The monoisotopic (exact) mass is 304 g/mol. The van der Waals surface area contributed by atoms with Gasteiger partial charge in [-0.2, -0.15) is 0 Å². The van der Waals surface area contributed by atoms with Crippen molar-refractivity contribution in [1.29, 1.82) is 0 Å². The third-order valence-electron chi connectivity index (χ3n) is 4.30. The molecule has 0 bridgehead atoms. The van der Waals surface area contributed by atoms with Crippen molar-refractivity contribution in [1.82, 2.24) is 9.80 Å². The van der Waals surface area contributed by atoms with Crippen molar-refractivity contribution < 1.29 is 14.3 Å². The lowest BCUT2D eigenvalue weighted by Crippen LogP contribution is -2.53. The average Bonchev–Trinajstić information content (AvgIpc) is 2.60. The topological polar surface area (TPSA) is 49.9 Å². The van der Waals surface area contributed by atoms with Crippen molar-refractivity contribution in [2.75, 3.05) is 33.3 Å². The third kappa shape index (κ3) is 3.65. The van der Waals surface area contributed by atoms with E-state index in [1.54, 1.807) is 0 Å². The van der Waals surface area contributed by atoms with E-state index in [1.165, 1.54) is 12.7 Å². The lowest BCUT2D eigenvalue weighted by molar-refractivity contribution is -0.146. The van der Waals surface area contributed by atoms with E-state index < -0.39 is 0 Å². The zero-order chi connectivity index (χ0) is 16.1. The van der Waals surface area contributed by atoms with Crippen LogP contribution in [0.25, 0.3) is 0 Å². The van der Waals surface area contributed by atoms with E-state index in [4.69, 9.17) is 4.74 Å². The molecule has 1 fully saturated rings. The zero-order valence-electron chi connectivity index (χ0n) is 13.5. The molecule has 1 aromatic rings. The lowest BCUT2D eigenvalue weighted by Gasteiger charge is -2.37. The van der Waals surface area contributed by atoms with Crippen LogP contribution in [0.1, 0.15) is 29.8 Å². The van der Waals surface area contributed by atoms with E-state index >= 15 is 0 Å². The van der Waals surface area contributed by atoms with E-state index in [2.05, 4.69) is 11.8 Å². The molecule has 5 heteroatoms. The van der Waals surface area contributed by atoms with Crippen LogP contribution in [0, 0.1) is 0 Å². The molecule has 1 atom stereocenters. The summed E-state index contributed by atoms with van der Waals surface area (Å²) in [6, 6.07) is 7.53. The summed E-state index contributed by atoms with van der Waals surface area (Å²) in [7, 11) is 1.40. The highest BCUT2D eigenvalue weighted by Crippen LogP contribution is 2.12. The van der Waals surface area contributed by atoms with E-state index in [0.29, 0.717) is 26.2 Å². The molecule has 2 rings (SSSR count). The standard InChI is InChI=1S/C17H24N2O3/c1-4-14-5-7-15(8-6-14)16(20)19-11-9-18(10-12-19)13(2)17(21)22-3/h5-8,13H,4,9-12H2,1-3H3. The maximum atomic E-state index is 12.5. The first kappa shape index (κ1) is 16.5. The second-order valence-electron chi connectivity index (χ2n) is 5.58. The molecule has 1 aliphatic rings. The minimum Gasteiger partial charge on any atom is -0.468 e. The number of benzene rings is 1. The van der Waals surface area contributed by atoms with Gasteiger partial charge in [-0.1, -0.05) is 19.1 Å².